The monoisotopic (exact) mass is 175 g/mol. The molecule has 0 aromatic heterocycles. The molecule has 0 radical (unpaired) electrons. The van der Waals surface area contributed by atoms with Crippen LogP contribution in [0.1, 0.15) is 27.7 Å². The Bertz CT molecular complexity index is 76.2. The third-order valence-corrected chi connectivity index (χ3v) is 1.61. The van der Waals surface area contributed by atoms with E-state index in [0.29, 0.717) is 5.92 Å². The van der Waals surface area contributed by atoms with Crippen LogP contribution in [0.25, 0.3) is 0 Å². The van der Waals surface area contributed by atoms with Crippen LogP contribution < -0.4 is 0 Å². The van der Waals surface area contributed by atoms with E-state index in [0.717, 1.165) is 19.7 Å². The third kappa shape index (κ3) is 9.92. The van der Waals surface area contributed by atoms with Crippen molar-refractivity contribution >= 4 is 0 Å². The molecule has 0 aliphatic rings. The molecule has 0 saturated carbocycles. The molecular formula is C10H25NO. The number of ether oxygens (including phenoxy) is 1. The van der Waals surface area contributed by atoms with Crippen molar-refractivity contribution in [1.82, 2.24) is 4.90 Å². The average molecular weight is 175 g/mol. The largest absolute Gasteiger partial charge is 0.384 e. The van der Waals surface area contributed by atoms with Crippen molar-refractivity contribution in [2.45, 2.75) is 27.7 Å². The zero-order valence-corrected chi connectivity index (χ0v) is 9.55. The molecule has 2 heteroatoms. The van der Waals surface area contributed by atoms with E-state index in [-0.39, 0.29) is 0 Å². The minimum absolute atomic E-state index is 0.648. The maximum absolute atomic E-state index is 5.02. The Morgan fingerprint density at radius 1 is 1.33 bits per heavy atom. The molecule has 0 bridgehead atoms. The summed E-state index contributed by atoms with van der Waals surface area (Å²) in [5.74, 6) is 0.648. The third-order valence-electron chi connectivity index (χ3n) is 1.61. The van der Waals surface area contributed by atoms with Crippen molar-refractivity contribution in [2.75, 3.05) is 33.9 Å². The van der Waals surface area contributed by atoms with Gasteiger partial charge in [-0.2, -0.15) is 0 Å². The van der Waals surface area contributed by atoms with Gasteiger partial charge in [0.15, 0.2) is 0 Å². The predicted molar refractivity (Wildman–Crippen MR) is 55.6 cm³/mol. The highest BCUT2D eigenvalue weighted by molar-refractivity contribution is 4.55. The first-order valence-electron chi connectivity index (χ1n) is 4.88. The van der Waals surface area contributed by atoms with E-state index in [1.807, 2.05) is 13.8 Å². The lowest BCUT2D eigenvalue weighted by Gasteiger charge is -2.18. The fourth-order valence-corrected chi connectivity index (χ4v) is 0.998. The highest BCUT2D eigenvalue weighted by Gasteiger charge is 2.02. The smallest absolute Gasteiger partial charge is 0.0500 e. The van der Waals surface area contributed by atoms with E-state index in [9.17, 15) is 0 Å². The van der Waals surface area contributed by atoms with Gasteiger partial charge in [-0.25, -0.2) is 0 Å². The van der Waals surface area contributed by atoms with Crippen LogP contribution in [0.4, 0.5) is 0 Å². The Hall–Kier alpha value is -0.0800. The minimum atomic E-state index is 0.648. The predicted octanol–water partition coefficient (Wildman–Crippen LogP) is 2.25. The molecule has 76 valence electrons. The lowest BCUT2D eigenvalue weighted by atomic mass is 10.2. The van der Waals surface area contributed by atoms with Crippen LogP contribution in [0, 0.1) is 5.92 Å². The van der Waals surface area contributed by atoms with E-state index in [2.05, 4.69) is 25.8 Å². The first-order valence-corrected chi connectivity index (χ1v) is 4.88. The SMILES string of the molecule is CC.CCN(C)CC(C)COC. The Morgan fingerprint density at radius 3 is 2.17 bits per heavy atom. The molecule has 0 rings (SSSR count). The summed E-state index contributed by atoms with van der Waals surface area (Å²) in [5, 5.41) is 0. The highest BCUT2D eigenvalue weighted by Crippen LogP contribution is 1.96. The number of methoxy groups -OCH3 is 1. The topological polar surface area (TPSA) is 12.5 Å². The molecule has 0 amide bonds. The molecule has 0 spiro atoms. The molecule has 0 aromatic rings. The van der Waals surface area contributed by atoms with Gasteiger partial charge in [0.25, 0.3) is 0 Å². The highest BCUT2D eigenvalue weighted by atomic mass is 16.5. The molecule has 12 heavy (non-hydrogen) atoms. The van der Waals surface area contributed by atoms with E-state index < -0.39 is 0 Å². The Labute approximate surface area is 77.9 Å². The van der Waals surface area contributed by atoms with Gasteiger partial charge in [-0.15, -0.1) is 0 Å². The van der Waals surface area contributed by atoms with Crippen molar-refractivity contribution in [3.63, 3.8) is 0 Å². The van der Waals surface area contributed by atoms with Crippen molar-refractivity contribution < 1.29 is 4.74 Å². The van der Waals surface area contributed by atoms with Crippen molar-refractivity contribution in [1.29, 1.82) is 0 Å². The minimum Gasteiger partial charge on any atom is -0.384 e. The maximum atomic E-state index is 5.02. The van der Waals surface area contributed by atoms with Crippen LogP contribution in [0.2, 0.25) is 0 Å². The summed E-state index contributed by atoms with van der Waals surface area (Å²) in [6.45, 7) is 11.5. The Kier molecular flexibility index (Phi) is 13.1. The summed E-state index contributed by atoms with van der Waals surface area (Å²) in [4.78, 5) is 2.30. The molecule has 0 fully saturated rings. The maximum Gasteiger partial charge on any atom is 0.0500 e. The normalized spacial score (nSPS) is 12.2. The van der Waals surface area contributed by atoms with Gasteiger partial charge in [0.05, 0.1) is 0 Å². The van der Waals surface area contributed by atoms with E-state index in [4.69, 9.17) is 4.74 Å². The number of hydrogen-bond donors (Lipinski definition) is 0. The van der Waals surface area contributed by atoms with Gasteiger partial charge in [0, 0.05) is 20.3 Å². The lowest BCUT2D eigenvalue weighted by molar-refractivity contribution is 0.139. The fraction of sp³-hybridized carbons (Fsp3) is 1.00. The Morgan fingerprint density at radius 2 is 1.83 bits per heavy atom. The molecule has 1 unspecified atom stereocenters. The first-order chi connectivity index (χ1) is 5.70. The van der Waals surface area contributed by atoms with Crippen LogP contribution in [0.3, 0.4) is 0 Å². The summed E-state index contributed by atoms with van der Waals surface area (Å²) in [5.41, 5.74) is 0. The van der Waals surface area contributed by atoms with Crippen molar-refractivity contribution in [3.8, 4) is 0 Å². The van der Waals surface area contributed by atoms with E-state index in [1.165, 1.54) is 0 Å². The van der Waals surface area contributed by atoms with Gasteiger partial charge in [-0.05, 0) is 19.5 Å². The summed E-state index contributed by atoms with van der Waals surface area (Å²) < 4.78 is 5.02. The van der Waals surface area contributed by atoms with Gasteiger partial charge in [-0.1, -0.05) is 27.7 Å². The average Bonchev–Trinajstić information content (AvgIpc) is 2.08. The van der Waals surface area contributed by atoms with E-state index >= 15 is 0 Å². The molecule has 0 aliphatic heterocycles. The summed E-state index contributed by atoms with van der Waals surface area (Å²) in [6, 6.07) is 0. The quantitative estimate of drug-likeness (QED) is 0.635. The molecule has 0 N–H and O–H groups in total. The van der Waals surface area contributed by atoms with Crippen LogP contribution in [-0.4, -0.2) is 38.8 Å². The fourth-order valence-electron chi connectivity index (χ4n) is 0.998. The zero-order valence-electron chi connectivity index (χ0n) is 9.55. The van der Waals surface area contributed by atoms with E-state index in [1.54, 1.807) is 7.11 Å². The number of rotatable bonds is 5. The summed E-state index contributed by atoms with van der Waals surface area (Å²) >= 11 is 0. The molecular weight excluding hydrogens is 150 g/mol. The van der Waals surface area contributed by atoms with Gasteiger partial charge in [-0.3, -0.25) is 0 Å². The second-order valence-corrected chi connectivity index (χ2v) is 2.92. The molecule has 0 heterocycles. The molecule has 0 saturated heterocycles. The lowest BCUT2D eigenvalue weighted by Crippen LogP contribution is -2.26. The van der Waals surface area contributed by atoms with Crippen LogP contribution in [-0.2, 0) is 4.74 Å². The van der Waals surface area contributed by atoms with Gasteiger partial charge in [0.1, 0.15) is 0 Å². The Balaban J connectivity index is 0. The molecule has 1 atom stereocenters. The molecule has 0 aromatic carbocycles. The second kappa shape index (κ2) is 10.9. The summed E-state index contributed by atoms with van der Waals surface area (Å²) in [6.07, 6.45) is 0. The number of nitrogens with zero attached hydrogens (tertiary/aromatic N) is 1. The van der Waals surface area contributed by atoms with Crippen LogP contribution in [0.15, 0.2) is 0 Å². The number of hydrogen-bond acceptors (Lipinski definition) is 2. The molecule has 2 nitrogen and oxygen atoms in total. The zero-order chi connectivity index (χ0) is 9.98. The molecule has 0 aliphatic carbocycles. The van der Waals surface area contributed by atoms with Gasteiger partial charge in [0.2, 0.25) is 0 Å². The van der Waals surface area contributed by atoms with Crippen molar-refractivity contribution in [3.05, 3.63) is 0 Å². The second-order valence-electron chi connectivity index (χ2n) is 2.92. The standard InChI is InChI=1S/C8H19NO.C2H6/c1-5-9(3)6-8(2)7-10-4;1-2/h8H,5-7H2,1-4H3;1-2H3. The van der Waals surface area contributed by atoms with Crippen LogP contribution >= 0.6 is 0 Å². The first kappa shape index (κ1) is 14.4. The van der Waals surface area contributed by atoms with Gasteiger partial charge < -0.3 is 9.64 Å². The van der Waals surface area contributed by atoms with Gasteiger partial charge >= 0.3 is 0 Å². The van der Waals surface area contributed by atoms with Crippen molar-refractivity contribution in [2.24, 2.45) is 5.92 Å². The van der Waals surface area contributed by atoms with Crippen LogP contribution in [0.5, 0.6) is 0 Å². The summed E-state index contributed by atoms with van der Waals surface area (Å²) in [7, 11) is 3.88.